The maximum atomic E-state index is 12.8. The summed E-state index contributed by atoms with van der Waals surface area (Å²) in [6.45, 7) is 3.08. The molecule has 5 rings (SSSR count). The van der Waals surface area contributed by atoms with Gasteiger partial charge in [-0.15, -0.1) is 0 Å². The first-order valence-electron chi connectivity index (χ1n) is 11.8. The number of benzene rings is 2. The van der Waals surface area contributed by atoms with Crippen LogP contribution >= 0.6 is 0 Å². The minimum Gasteiger partial charge on any atom is -0.454 e. The number of aryl methyl sites for hydroxylation is 1. The fourth-order valence-electron chi connectivity index (χ4n) is 5.42. The van der Waals surface area contributed by atoms with Gasteiger partial charge in [-0.25, -0.2) is 0 Å². The Kier molecular flexibility index (Phi) is 6.22. The normalized spacial score (nSPS) is 23.7. The van der Waals surface area contributed by atoms with Gasteiger partial charge in [-0.2, -0.15) is 0 Å². The molecule has 174 valence electrons. The van der Waals surface area contributed by atoms with E-state index >= 15 is 0 Å². The van der Waals surface area contributed by atoms with Gasteiger partial charge in [0.25, 0.3) is 5.91 Å². The largest absolute Gasteiger partial charge is 0.454 e. The van der Waals surface area contributed by atoms with Crippen LogP contribution in [0.15, 0.2) is 42.5 Å². The van der Waals surface area contributed by atoms with Crippen LogP contribution in [0, 0.1) is 6.92 Å². The fourth-order valence-corrected chi connectivity index (χ4v) is 5.42. The summed E-state index contributed by atoms with van der Waals surface area (Å²) >= 11 is 0. The summed E-state index contributed by atoms with van der Waals surface area (Å²) in [5.41, 5.74) is 2.73. The number of hydrogen-bond donors (Lipinski definition) is 2. The van der Waals surface area contributed by atoms with Crippen molar-refractivity contribution in [2.24, 2.45) is 0 Å². The first kappa shape index (κ1) is 21.8. The zero-order valence-electron chi connectivity index (χ0n) is 19.0. The predicted octanol–water partition coefficient (Wildman–Crippen LogP) is 3.16. The van der Waals surface area contributed by atoms with Crippen LogP contribution in [-0.2, 0) is 11.3 Å². The van der Waals surface area contributed by atoms with Crippen molar-refractivity contribution in [2.75, 3.05) is 13.3 Å². The van der Waals surface area contributed by atoms with Crippen molar-refractivity contribution in [3.63, 3.8) is 0 Å². The number of hydrogen-bond acceptors (Lipinski definition) is 5. The molecule has 0 saturated carbocycles. The monoisotopic (exact) mass is 449 g/mol. The summed E-state index contributed by atoms with van der Waals surface area (Å²) in [4.78, 5) is 27.9. The minimum atomic E-state index is 0.00564. The number of carbonyl (C=O) groups excluding carboxylic acids is 2. The van der Waals surface area contributed by atoms with Gasteiger partial charge in [0, 0.05) is 30.2 Å². The molecule has 3 heterocycles. The molecule has 0 unspecified atom stereocenters. The molecule has 0 aromatic heterocycles. The van der Waals surface area contributed by atoms with E-state index in [0.717, 1.165) is 53.9 Å². The summed E-state index contributed by atoms with van der Waals surface area (Å²) in [5.74, 6) is 1.51. The zero-order chi connectivity index (χ0) is 22.8. The quantitative estimate of drug-likeness (QED) is 0.708. The number of piperidine rings is 2. The predicted molar refractivity (Wildman–Crippen MR) is 124 cm³/mol. The summed E-state index contributed by atoms with van der Waals surface area (Å²) in [7, 11) is 0. The van der Waals surface area contributed by atoms with E-state index in [9.17, 15) is 9.59 Å². The number of amides is 2. The molecule has 2 amide bonds. The summed E-state index contributed by atoms with van der Waals surface area (Å²) in [5, 5.41) is 6.31. The molecule has 33 heavy (non-hydrogen) atoms. The number of rotatable bonds is 6. The molecule has 0 aliphatic carbocycles. The highest BCUT2D eigenvalue weighted by atomic mass is 16.7. The molecule has 2 N–H and O–H groups in total. The molecule has 7 heteroatoms. The number of ether oxygens (including phenoxy) is 2. The third-order valence-electron chi connectivity index (χ3n) is 7.10. The number of fused-ring (bicyclic) bond motifs is 3. The van der Waals surface area contributed by atoms with Crippen LogP contribution in [0.25, 0.3) is 0 Å². The van der Waals surface area contributed by atoms with Crippen LogP contribution < -0.4 is 20.1 Å². The minimum absolute atomic E-state index is 0.00564. The topological polar surface area (TPSA) is 79.9 Å². The Morgan fingerprint density at radius 2 is 1.79 bits per heavy atom. The van der Waals surface area contributed by atoms with Gasteiger partial charge in [0.2, 0.25) is 12.7 Å². The molecule has 2 aromatic carbocycles. The Balaban J connectivity index is 1.15. The molecule has 2 atom stereocenters. The van der Waals surface area contributed by atoms with Crippen LogP contribution in [0.1, 0.15) is 53.6 Å². The maximum absolute atomic E-state index is 12.8. The van der Waals surface area contributed by atoms with Gasteiger partial charge in [-0.05, 0) is 61.9 Å². The molecule has 0 radical (unpaired) electrons. The van der Waals surface area contributed by atoms with Crippen molar-refractivity contribution in [3.05, 3.63) is 59.2 Å². The Morgan fingerprint density at radius 1 is 1.03 bits per heavy atom. The van der Waals surface area contributed by atoms with Crippen molar-refractivity contribution in [2.45, 2.75) is 63.7 Å². The first-order valence-corrected chi connectivity index (χ1v) is 11.8. The van der Waals surface area contributed by atoms with Crippen molar-refractivity contribution in [1.82, 2.24) is 15.5 Å². The Labute approximate surface area is 194 Å². The van der Waals surface area contributed by atoms with Gasteiger partial charge in [-0.1, -0.05) is 30.7 Å². The van der Waals surface area contributed by atoms with Gasteiger partial charge >= 0.3 is 0 Å². The standard InChI is InChI=1S/C26H31N3O4/c1-17-5-2-3-8-22(17)26(31)28-19-12-20-6-4-7-21(13-19)29(20)15-25(30)27-14-18-9-10-23-24(11-18)33-16-32-23/h2-3,5,8-11,19-21H,4,6-7,12-16H2,1H3,(H,27,30)(H,28,31)/t20-,21-/m0/s1. The van der Waals surface area contributed by atoms with Gasteiger partial charge in [0.1, 0.15) is 0 Å². The third kappa shape index (κ3) is 4.83. The summed E-state index contributed by atoms with van der Waals surface area (Å²) in [6.07, 6.45) is 5.11. The molecular formula is C26H31N3O4. The van der Waals surface area contributed by atoms with Crippen molar-refractivity contribution in [1.29, 1.82) is 0 Å². The second-order valence-corrected chi connectivity index (χ2v) is 9.33. The third-order valence-corrected chi connectivity index (χ3v) is 7.10. The zero-order valence-corrected chi connectivity index (χ0v) is 19.0. The Hall–Kier alpha value is -3.06. The molecule has 2 bridgehead atoms. The average Bonchev–Trinajstić information content (AvgIpc) is 3.26. The van der Waals surface area contributed by atoms with E-state index in [1.165, 1.54) is 6.42 Å². The van der Waals surface area contributed by atoms with Gasteiger partial charge in [-0.3, -0.25) is 14.5 Å². The maximum Gasteiger partial charge on any atom is 0.251 e. The van der Waals surface area contributed by atoms with E-state index < -0.39 is 0 Å². The van der Waals surface area contributed by atoms with Crippen LogP contribution in [0.2, 0.25) is 0 Å². The van der Waals surface area contributed by atoms with E-state index in [1.54, 1.807) is 0 Å². The van der Waals surface area contributed by atoms with Crippen LogP contribution in [0.5, 0.6) is 11.5 Å². The molecule has 3 aliphatic rings. The average molecular weight is 450 g/mol. The lowest BCUT2D eigenvalue weighted by atomic mass is 9.81. The highest BCUT2D eigenvalue weighted by Gasteiger charge is 2.39. The van der Waals surface area contributed by atoms with Crippen LogP contribution in [0.4, 0.5) is 0 Å². The van der Waals surface area contributed by atoms with E-state index in [1.807, 2.05) is 49.4 Å². The number of carbonyl (C=O) groups is 2. The Bertz CT molecular complexity index is 1030. The smallest absolute Gasteiger partial charge is 0.251 e. The molecule has 2 saturated heterocycles. The van der Waals surface area contributed by atoms with Crippen molar-refractivity contribution < 1.29 is 19.1 Å². The van der Waals surface area contributed by atoms with Crippen molar-refractivity contribution in [3.8, 4) is 11.5 Å². The summed E-state index contributed by atoms with van der Waals surface area (Å²) < 4.78 is 10.8. The highest BCUT2D eigenvalue weighted by Crippen LogP contribution is 2.34. The summed E-state index contributed by atoms with van der Waals surface area (Å²) in [6, 6.07) is 14.3. The SMILES string of the molecule is Cc1ccccc1C(=O)NC1C[C@@H]2CCC[C@@H](C1)N2CC(=O)NCc1ccc2c(c1)OCO2. The van der Waals surface area contributed by atoms with Gasteiger partial charge < -0.3 is 20.1 Å². The van der Waals surface area contributed by atoms with Gasteiger partial charge in [0.05, 0.1) is 6.54 Å². The Morgan fingerprint density at radius 3 is 2.58 bits per heavy atom. The number of nitrogens with one attached hydrogen (secondary N) is 2. The van der Waals surface area contributed by atoms with Gasteiger partial charge in [0.15, 0.2) is 11.5 Å². The van der Waals surface area contributed by atoms with E-state index in [-0.39, 0.29) is 24.6 Å². The lowest BCUT2D eigenvalue weighted by Crippen LogP contribution is -2.58. The lowest BCUT2D eigenvalue weighted by Gasteiger charge is -2.48. The molecule has 3 aliphatic heterocycles. The van der Waals surface area contributed by atoms with E-state index in [4.69, 9.17) is 9.47 Å². The second kappa shape index (κ2) is 9.43. The number of nitrogens with zero attached hydrogens (tertiary/aromatic N) is 1. The van der Waals surface area contributed by atoms with Crippen LogP contribution in [-0.4, -0.2) is 48.2 Å². The lowest BCUT2D eigenvalue weighted by molar-refractivity contribution is -0.125. The first-order chi connectivity index (χ1) is 16.1. The molecule has 7 nitrogen and oxygen atoms in total. The van der Waals surface area contributed by atoms with E-state index in [0.29, 0.717) is 25.2 Å². The molecule has 2 aromatic rings. The molecule has 0 spiro atoms. The van der Waals surface area contributed by atoms with E-state index in [2.05, 4.69) is 15.5 Å². The fraction of sp³-hybridized carbons (Fsp3) is 0.462. The molecule has 2 fully saturated rings. The molecular weight excluding hydrogens is 418 g/mol. The van der Waals surface area contributed by atoms with Crippen LogP contribution in [0.3, 0.4) is 0 Å². The van der Waals surface area contributed by atoms with Crippen molar-refractivity contribution >= 4 is 11.8 Å². The second-order valence-electron chi connectivity index (χ2n) is 9.33. The highest BCUT2D eigenvalue weighted by molar-refractivity contribution is 5.95.